The number of carbonyl (C=O) groups excluding carboxylic acids is 1. The van der Waals surface area contributed by atoms with Crippen molar-refractivity contribution in [2.75, 3.05) is 21.3 Å². The molecule has 0 radical (unpaired) electrons. The number of methoxy groups -OCH3 is 3. The van der Waals surface area contributed by atoms with E-state index in [-0.39, 0.29) is 20.7 Å². The Morgan fingerprint density at radius 2 is 1.71 bits per heavy atom. The van der Waals surface area contributed by atoms with Crippen molar-refractivity contribution in [2.45, 2.75) is 5.82 Å². The predicted molar refractivity (Wildman–Crippen MR) is 97.2 cm³/mol. The van der Waals surface area contributed by atoms with E-state index in [0.29, 0.717) is 17.1 Å². The van der Waals surface area contributed by atoms with E-state index in [1.165, 1.54) is 0 Å². The maximum atomic E-state index is 12.5. The first-order valence-corrected chi connectivity index (χ1v) is 9.86. The quantitative estimate of drug-likeness (QED) is 0.414. The Hall–Kier alpha value is -2.23. The maximum absolute atomic E-state index is 12.5. The van der Waals surface area contributed by atoms with Crippen LogP contribution in [0.1, 0.15) is 15.9 Å². The van der Waals surface area contributed by atoms with Gasteiger partial charge in [-0.3, -0.25) is 0 Å². The van der Waals surface area contributed by atoms with Gasteiger partial charge in [0, 0.05) is 0 Å². The molecule has 0 heterocycles. The van der Waals surface area contributed by atoms with E-state index in [2.05, 4.69) is 5.82 Å². The summed E-state index contributed by atoms with van der Waals surface area (Å²) >= 11 is 0.189. The molecule has 5 heteroatoms. The number of benzene rings is 2. The van der Waals surface area contributed by atoms with E-state index in [1.807, 2.05) is 30.3 Å². The Morgan fingerprint density at radius 3 is 2.25 bits per heavy atom. The molecule has 0 aliphatic carbocycles. The summed E-state index contributed by atoms with van der Waals surface area (Å²) in [4.78, 5) is 12.5. The van der Waals surface area contributed by atoms with Crippen LogP contribution in [0.5, 0.6) is 17.2 Å². The van der Waals surface area contributed by atoms with E-state index < -0.39 is 0 Å². The Balaban J connectivity index is 2.26. The van der Waals surface area contributed by atoms with Crippen LogP contribution in [0.25, 0.3) is 6.08 Å². The van der Waals surface area contributed by atoms with Crippen LogP contribution >= 0.6 is 0 Å². The van der Waals surface area contributed by atoms with Gasteiger partial charge in [-0.05, 0) is 0 Å². The molecule has 2 aromatic carbocycles. The zero-order valence-corrected chi connectivity index (χ0v) is 15.9. The minimum absolute atomic E-state index is 0.0720. The molecular weight excluding hydrogens is 371 g/mol. The fourth-order valence-electron chi connectivity index (χ4n) is 2.21. The molecule has 0 aliphatic rings. The van der Waals surface area contributed by atoms with Crippen LogP contribution in [0, 0.1) is 0 Å². The van der Waals surface area contributed by atoms with Gasteiger partial charge in [-0.15, -0.1) is 0 Å². The molecule has 24 heavy (non-hydrogen) atoms. The second kappa shape index (κ2) is 8.57. The number of ketones is 1. The fraction of sp³-hybridized carbons (Fsp3) is 0.211. The van der Waals surface area contributed by atoms with Crippen molar-refractivity contribution in [3.63, 3.8) is 0 Å². The molecule has 0 unspecified atom stereocenters. The van der Waals surface area contributed by atoms with Gasteiger partial charge in [-0.2, -0.15) is 0 Å². The molecule has 0 amide bonds. The number of ether oxygens (including phenoxy) is 3. The van der Waals surface area contributed by atoms with Crippen LogP contribution in [-0.4, -0.2) is 42.1 Å². The molecule has 0 bridgehead atoms. The van der Waals surface area contributed by atoms with Gasteiger partial charge >= 0.3 is 148 Å². The molecule has 0 saturated carbocycles. The van der Waals surface area contributed by atoms with Crippen molar-refractivity contribution in [2.24, 2.45) is 0 Å². The Kier molecular flexibility index (Phi) is 6.47. The van der Waals surface area contributed by atoms with Gasteiger partial charge in [0.05, 0.1) is 0 Å². The zero-order valence-electron chi connectivity index (χ0n) is 14.2. The van der Waals surface area contributed by atoms with Crippen molar-refractivity contribution < 1.29 is 19.0 Å². The summed E-state index contributed by atoms with van der Waals surface area (Å²) in [5, 5.41) is 0. The van der Waals surface area contributed by atoms with Crippen molar-refractivity contribution in [3.05, 3.63) is 53.6 Å². The summed E-state index contributed by atoms with van der Waals surface area (Å²) in [7, 11) is 4.81. The molecule has 2 aromatic rings. The van der Waals surface area contributed by atoms with Gasteiger partial charge in [-0.25, -0.2) is 0 Å². The van der Waals surface area contributed by atoms with E-state index in [0.717, 1.165) is 15.8 Å². The van der Waals surface area contributed by atoms with Crippen LogP contribution in [0.2, 0.25) is 5.82 Å². The summed E-state index contributed by atoms with van der Waals surface area (Å²) in [6.45, 7) is 0. The van der Waals surface area contributed by atoms with Gasteiger partial charge in [0.25, 0.3) is 0 Å². The summed E-state index contributed by atoms with van der Waals surface area (Å²) in [5.74, 6) is 4.08. The monoisotopic (exact) mass is 392 g/mol. The first-order valence-electron chi connectivity index (χ1n) is 7.29. The molecule has 2 rings (SSSR count). The summed E-state index contributed by atoms with van der Waals surface area (Å²) in [5.41, 5.74) is 1.53. The summed E-state index contributed by atoms with van der Waals surface area (Å²) in [6.07, 6.45) is 3.35. The number of carbonyl (C=O) groups is 1. The third-order valence-electron chi connectivity index (χ3n) is 3.49. The van der Waals surface area contributed by atoms with Crippen molar-refractivity contribution in [3.8, 4) is 17.2 Å². The molecule has 0 aliphatic heterocycles. The van der Waals surface area contributed by atoms with E-state index in [1.54, 1.807) is 39.5 Å². The second-order valence-corrected chi connectivity index (χ2v) is 6.66. The van der Waals surface area contributed by atoms with Crippen LogP contribution in [0.3, 0.4) is 0 Å². The van der Waals surface area contributed by atoms with Crippen LogP contribution < -0.4 is 18.7 Å². The van der Waals surface area contributed by atoms with Crippen LogP contribution in [0.15, 0.2) is 42.5 Å². The molecule has 0 saturated heterocycles. The Bertz CT molecular complexity index is 711. The number of rotatable bonds is 7. The molecule has 126 valence electrons. The van der Waals surface area contributed by atoms with Gasteiger partial charge < -0.3 is 0 Å². The number of hydrogen-bond donors (Lipinski definition) is 0. The third kappa shape index (κ3) is 4.19. The van der Waals surface area contributed by atoms with Crippen LogP contribution in [0.4, 0.5) is 0 Å². The van der Waals surface area contributed by atoms with E-state index in [4.69, 9.17) is 14.2 Å². The van der Waals surface area contributed by atoms with E-state index in [9.17, 15) is 4.79 Å². The van der Waals surface area contributed by atoms with Gasteiger partial charge in [0.15, 0.2) is 0 Å². The molecule has 4 nitrogen and oxygen atoms in total. The Labute approximate surface area is 148 Å². The minimum atomic E-state index is -0.0720. The molecule has 0 N–H and O–H groups in total. The van der Waals surface area contributed by atoms with Crippen molar-refractivity contribution in [1.29, 1.82) is 0 Å². The van der Waals surface area contributed by atoms with Crippen molar-refractivity contribution in [1.82, 2.24) is 0 Å². The average Bonchev–Trinajstić information content (AvgIpc) is 2.65. The Morgan fingerprint density at radius 1 is 1.00 bits per heavy atom. The van der Waals surface area contributed by atoms with Crippen LogP contribution in [-0.2, 0) is 0 Å². The summed E-state index contributed by atoms with van der Waals surface area (Å²) < 4.78 is 16.9. The fourth-order valence-corrected chi connectivity index (χ4v) is 3.50. The normalized spacial score (nSPS) is 10.7. The molecule has 0 fully saturated rings. The molecule has 0 atom stereocenters. The predicted octanol–water partition coefficient (Wildman–Crippen LogP) is 2.99. The second-order valence-electron chi connectivity index (χ2n) is 4.88. The standard InChI is InChI=1S/C19H20O4Se/c1-21-15-8-5-13(6-9-15)7-10-16(20)14-11-17(22-2)19(23-3)18(12-14)24-4/h5-12H,1-4H3/b10-7+. The molecular formula is C19H20O4Se. The molecule has 0 aromatic heterocycles. The number of hydrogen-bond acceptors (Lipinski definition) is 4. The number of allylic oxidation sites excluding steroid dienone is 1. The van der Waals surface area contributed by atoms with Crippen molar-refractivity contribution >= 4 is 31.3 Å². The average molecular weight is 391 g/mol. The van der Waals surface area contributed by atoms with E-state index >= 15 is 0 Å². The zero-order chi connectivity index (χ0) is 17.5. The SMILES string of the molecule is COc1ccc(/C=C/C(=O)c2cc(OC)c(OC)c([Se]C)c2)cc1. The first-order chi connectivity index (χ1) is 11.6. The third-order valence-corrected chi connectivity index (χ3v) is 5.05. The van der Waals surface area contributed by atoms with Gasteiger partial charge in [0.2, 0.25) is 0 Å². The summed E-state index contributed by atoms with van der Waals surface area (Å²) in [6, 6.07) is 11.1. The molecule has 0 spiro atoms. The van der Waals surface area contributed by atoms with Gasteiger partial charge in [-0.1, -0.05) is 0 Å². The topological polar surface area (TPSA) is 44.8 Å². The first kappa shape index (κ1) is 18.1. The van der Waals surface area contributed by atoms with Gasteiger partial charge in [0.1, 0.15) is 0 Å².